The maximum absolute atomic E-state index is 13.4. The van der Waals surface area contributed by atoms with E-state index >= 15 is 0 Å². The standard InChI is InChI=1S/C26H27BrN4O2/c1-3-26(10-4-5-12-30(2)25(26)32)21-8-9-22(27)24(15-21)33-23-14-19(6-7-20(23)16-28)17-31-13-11-29-18-31/h6-9,11,13-15,18H,3-5,10,12,17H2,1-2H3/t26-/m1/s1. The predicted octanol–water partition coefficient (Wildman–Crippen LogP) is 5.65. The Labute approximate surface area is 202 Å². The van der Waals surface area contributed by atoms with Gasteiger partial charge in [-0.1, -0.05) is 25.5 Å². The van der Waals surface area contributed by atoms with Gasteiger partial charge in [-0.25, -0.2) is 4.98 Å². The van der Waals surface area contributed by atoms with E-state index in [0.717, 1.165) is 47.8 Å². The molecule has 2 aromatic carbocycles. The zero-order valence-corrected chi connectivity index (χ0v) is 20.5. The number of benzene rings is 2. The Morgan fingerprint density at radius 2 is 2.06 bits per heavy atom. The van der Waals surface area contributed by atoms with Crippen LogP contribution in [0.4, 0.5) is 0 Å². The molecule has 1 aliphatic heterocycles. The van der Waals surface area contributed by atoms with Gasteiger partial charge in [0.15, 0.2) is 0 Å². The Balaban J connectivity index is 1.70. The highest BCUT2D eigenvalue weighted by Crippen LogP contribution is 2.41. The lowest BCUT2D eigenvalue weighted by molar-refractivity contribution is -0.135. The van der Waals surface area contributed by atoms with Crippen LogP contribution in [0.5, 0.6) is 11.5 Å². The first-order valence-electron chi connectivity index (χ1n) is 11.2. The van der Waals surface area contributed by atoms with Crippen molar-refractivity contribution in [3.63, 3.8) is 0 Å². The number of likely N-dealkylation sites (N-methyl/N-ethyl adjacent to an activating group) is 1. The van der Waals surface area contributed by atoms with Crippen molar-refractivity contribution in [2.75, 3.05) is 13.6 Å². The zero-order chi connectivity index (χ0) is 23.4. The zero-order valence-electron chi connectivity index (χ0n) is 18.9. The SMILES string of the molecule is CC[C@]1(c2ccc(Br)c(Oc3cc(Cn4ccnc4)ccc3C#N)c2)CCCCN(C)C1=O. The fourth-order valence-corrected chi connectivity index (χ4v) is 4.91. The lowest BCUT2D eigenvalue weighted by Crippen LogP contribution is -2.43. The highest BCUT2D eigenvalue weighted by atomic mass is 79.9. The Morgan fingerprint density at radius 1 is 1.21 bits per heavy atom. The van der Waals surface area contributed by atoms with Crippen LogP contribution in [0, 0.1) is 11.3 Å². The first-order chi connectivity index (χ1) is 16.0. The molecule has 0 unspecified atom stereocenters. The topological polar surface area (TPSA) is 71.2 Å². The monoisotopic (exact) mass is 506 g/mol. The lowest BCUT2D eigenvalue weighted by Gasteiger charge is -2.33. The second-order valence-corrected chi connectivity index (χ2v) is 9.40. The van der Waals surface area contributed by atoms with Crippen molar-refractivity contribution in [1.82, 2.24) is 14.5 Å². The summed E-state index contributed by atoms with van der Waals surface area (Å²) in [7, 11) is 1.89. The summed E-state index contributed by atoms with van der Waals surface area (Å²) in [6, 6.07) is 13.7. The van der Waals surface area contributed by atoms with Gasteiger partial charge in [0.25, 0.3) is 0 Å². The van der Waals surface area contributed by atoms with E-state index in [9.17, 15) is 10.1 Å². The molecule has 0 N–H and O–H groups in total. The highest BCUT2D eigenvalue weighted by Gasteiger charge is 2.41. The van der Waals surface area contributed by atoms with Crippen molar-refractivity contribution in [2.24, 2.45) is 0 Å². The number of likely N-dealkylation sites (tertiary alicyclic amines) is 1. The minimum absolute atomic E-state index is 0.163. The van der Waals surface area contributed by atoms with Gasteiger partial charge in [0.1, 0.15) is 17.6 Å². The third-order valence-electron chi connectivity index (χ3n) is 6.50. The summed E-state index contributed by atoms with van der Waals surface area (Å²) < 4.78 is 9.02. The van der Waals surface area contributed by atoms with Crippen LogP contribution in [0.2, 0.25) is 0 Å². The Morgan fingerprint density at radius 3 is 2.79 bits per heavy atom. The van der Waals surface area contributed by atoms with Gasteiger partial charge in [0.05, 0.1) is 21.8 Å². The largest absolute Gasteiger partial charge is 0.455 e. The number of hydrogen-bond donors (Lipinski definition) is 0. The molecule has 0 aliphatic carbocycles. The summed E-state index contributed by atoms with van der Waals surface area (Å²) in [4.78, 5) is 19.3. The van der Waals surface area contributed by atoms with Crippen molar-refractivity contribution < 1.29 is 9.53 Å². The average molecular weight is 507 g/mol. The number of nitrogens with zero attached hydrogens (tertiary/aromatic N) is 4. The molecule has 1 fully saturated rings. The Kier molecular flexibility index (Phi) is 6.85. The van der Waals surface area contributed by atoms with Gasteiger partial charge in [-0.05, 0) is 70.6 Å². The summed E-state index contributed by atoms with van der Waals surface area (Å²) in [6.07, 6.45) is 8.94. The number of halogens is 1. The van der Waals surface area contributed by atoms with Gasteiger partial charge >= 0.3 is 0 Å². The van der Waals surface area contributed by atoms with Crippen LogP contribution in [0.3, 0.4) is 0 Å². The quantitative estimate of drug-likeness (QED) is 0.433. The van der Waals surface area contributed by atoms with Gasteiger partial charge < -0.3 is 14.2 Å². The van der Waals surface area contributed by atoms with Crippen molar-refractivity contribution in [3.8, 4) is 17.6 Å². The van der Waals surface area contributed by atoms with Gasteiger partial charge in [0, 0.05) is 32.5 Å². The number of nitriles is 1. The number of hydrogen-bond acceptors (Lipinski definition) is 4. The van der Waals surface area contributed by atoms with E-state index in [4.69, 9.17) is 4.74 Å². The molecular weight excluding hydrogens is 480 g/mol. The van der Waals surface area contributed by atoms with E-state index in [1.54, 1.807) is 18.6 Å². The Hall–Kier alpha value is -3.11. The maximum Gasteiger partial charge on any atom is 0.232 e. The molecule has 6 nitrogen and oxygen atoms in total. The first-order valence-corrected chi connectivity index (χ1v) is 12.0. The summed E-state index contributed by atoms with van der Waals surface area (Å²) in [6.45, 7) is 3.49. The average Bonchev–Trinajstić information content (AvgIpc) is 3.28. The molecule has 1 aromatic heterocycles. The second-order valence-electron chi connectivity index (χ2n) is 8.54. The summed E-state index contributed by atoms with van der Waals surface area (Å²) >= 11 is 3.59. The third-order valence-corrected chi connectivity index (χ3v) is 7.16. The fourth-order valence-electron chi connectivity index (χ4n) is 4.58. The minimum Gasteiger partial charge on any atom is -0.455 e. The molecule has 1 saturated heterocycles. The fraction of sp³-hybridized carbons (Fsp3) is 0.346. The van der Waals surface area contributed by atoms with Crippen LogP contribution < -0.4 is 4.74 Å². The molecule has 1 atom stereocenters. The van der Waals surface area contributed by atoms with Crippen molar-refractivity contribution in [1.29, 1.82) is 5.26 Å². The van der Waals surface area contributed by atoms with Crippen molar-refractivity contribution >= 4 is 21.8 Å². The van der Waals surface area contributed by atoms with Gasteiger partial charge in [-0.3, -0.25) is 4.79 Å². The number of ether oxygens (including phenoxy) is 1. The van der Waals surface area contributed by atoms with Crippen LogP contribution in [0.25, 0.3) is 0 Å². The van der Waals surface area contributed by atoms with Crippen molar-refractivity contribution in [2.45, 2.75) is 44.6 Å². The number of aromatic nitrogens is 2. The number of carbonyl (C=O) groups is 1. The summed E-state index contributed by atoms with van der Waals surface area (Å²) in [5.74, 6) is 1.25. The smallest absolute Gasteiger partial charge is 0.232 e. The molecule has 1 amide bonds. The van der Waals surface area contributed by atoms with E-state index in [1.807, 2.05) is 53.0 Å². The molecule has 3 aromatic rings. The molecule has 33 heavy (non-hydrogen) atoms. The number of amides is 1. The molecule has 0 radical (unpaired) electrons. The predicted molar refractivity (Wildman–Crippen MR) is 130 cm³/mol. The van der Waals surface area contributed by atoms with Crippen LogP contribution in [-0.2, 0) is 16.8 Å². The van der Waals surface area contributed by atoms with Crippen LogP contribution >= 0.6 is 15.9 Å². The first kappa shape index (κ1) is 23.1. The third kappa shape index (κ3) is 4.67. The molecule has 2 heterocycles. The Bertz CT molecular complexity index is 1190. The van der Waals surface area contributed by atoms with Crippen LogP contribution in [0.15, 0.2) is 59.6 Å². The normalized spacial score (nSPS) is 18.6. The van der Waals surface area contributed by atoms with Gasteiger partial charge in [0.2, 0.25) is 5.91 Å². The summed E-state index contributed by atoms with van der Waals surface area (Å²) in [5.41, 5.74) is 1.85. The molecule has 1 aliphatic rings. The van der Waals surface area contributed by atoms with E-state index in [2.05, 4.69) is 33.9 Å². The van der Waals surface area contributed by atoms with E-state index in [1.165, 1.54) is 0 Å². The molecular formula is C26H27BrN4O2. The molecule has 4 rings (SSSR count). The minimum atomic E-state index is -0.564. The van der Waals surface area contributed by atoms with E-state index in [-0.39, 0.29) is 5.91 Å². The van der Waals surface area contributed by atoms with Gasteiger partial charge in [-0.15, -0.1) is 0 Å². The maximum atomic E-state index is 13.4. The van der Waals surface area contributed by atoms with E-state index in [0.29, 0.717) is 23.6 Å². The van der Waals surface area contributed by atoms with Crippen LogP contribution in [-0.4, -0.2) is 34.0 Å². The molecule has 0 saturated carbocycles. The lowest BCUT2D eigenvalue weighted by atomic mass is 9.73. The second kappa shape index (κ2) is 9.80. The molecule has 170 valence electrons. The van der Waals surface area contributed by atoms with Gasteiger partial charge in [-0.2, -0.15) is 5.26 Å². The van der Waals surface area contributed by atoms with Crippen molar-refractivity contribution in [3.05, 3.63) is 76.3 Å². The summed E-state index contributed by atoms with van der Waals surface area (Å²) in [5, 5.41) is 9.64. The molecule has 0 bridgehead atoms. The molecule has 0 spiro atoms. The van der Waals surface area contributed by atoms with Crippen LogP contribution in [0.1, 0.15) is 49.3 Å². The number of carbonyl (C=O) groups excluding carboxylic acids is 1. The number of rotatable bonds is 6. The van der Waals surface area contributed by atoms with E-state index < -0.39 is 5.41 Å². The molecule has 7 heteroatoms. The highest BCUT2D eigenvalue weighted by molar-refractivity contribution is 9.10. The number of imidazole rings is 1.